The number of piperidine rings is 2. The van der Waals surface area contributed by atoms with E-state index in [0.29, 0.717) is 26.1 Å². The van der Waals surface area contributed by atoms with Gasteiger partial charge in [0.05, 0.1) is 17.9 Å². The summed E-state index contributed by atoms with van der Waals surface area (Å²) in [4.78, 5) is 28.8. The van der Waals surface area contributed by atoms with Gasteiger partial charge < -0.3 is 14.5 Å². The van der Waals surface area contributed by atoms with Gasteiger partial charge in [-0.05, 0) is 41.7 Å². The third-order valence-corrected chi connectivity index (χ3v) is 5.97. The van der Waals surface area contributed by atoms with E-state index in [2.05, 4.69) is 0 Å². The molecule has 3 heterocycles. The number of hydrogen-bond donors (Lipinski definition) is 0. The SMILES string of the molecule is COC1CN(C)C(=O)C2(CCN(C(=O)Cc3ccsc3)CC2)C1. The molecule has 0 saturated carbocycles. The number of nitrogens with zero attached hydrogens (tertiary/aromatic N) is 2. The van der Waals surface area contributed by atoms with Crippen molar-refractivity contribution in [3.05, 3.63) is 22.4 Å². The van der Waals surface area contributed by atoms with Crippen molar-refractivity contribution in [2.24, 2.45) is 5.41 Å². The number of hydrogen-bond acceptors (Lipinski definition) is 4. The molecule has 2 aliphatic heterocycles. The van der Waals surface area contributed by atoms with Crippen LogP contribution in [0.5, 0.6) is 0 Å². The second-order valence-corrected chi connectivity index (χ2v) is 7.50. The first-order valence-electron chi connectivity index (χ1n) is 8.11. The molecule has 0 aliphatic carbocycles. The molecule has 2 aliphatic rings. The fraction of sp³-hybridized carbons (Fsp3) is 0.647. The summed E-state index contributed by atoms with van der Waals surface area (Å²) in [5, 5.41) is 4.02. The van der Waals surface area contributed by atoms with E-state index in [1.807, 2.05) is 28.8 Å². The Labute approximate surface area is 141 Å². The van der Waals surface area contributed by atoms with Gasteiger partial charge in [0.1, 0.15) is 0 Å². The lowest BCUT2D eigenvalue weighted by molar-refractivity contribution is -0.158. The van der Waals surface area contributed by atoms with Crippen molar-refractivity contribution in [3.8, 4) is 0 Å². The average Bonchev–Trinajstić information content (AvgIpc) is 3.05. The van der Waals surface area contributed by atoms with E-state index in [4.69, 9.17) is 4.74 Å². The molecular formula is C17H24N2O3S. The monoisotopic (exact) mass is 336 g/mol. The smallest absolute Gasteiger partial charge is 0.228 e. The van der Waals surface area contributed by atoms with Gasteiger partial charge in [0.15, 0.2) is 0 Å². The second-order valence-electron chi connectivity index (χ2n) is 6.72. The Bertz CT molecular complexity index is 564. The number of likely N-dealkylation sites (N-methyl/N-ethyl adjacent to an activating group) is 1. The highest BCUT2D eigenvalue weighted by molar-refractivity contribution is 7.08. The van der Waals surface area contributed by atoms with E-state index >= 15 is 0 Å². The number of rotatable bonds is 3. The van der Waals surface area contributed by atoms with Crippen molar-refractivity contribution in [2.45, 2.75) is 31.8 Å². The number of amides is 2. The fourth-order valence-electron chi connectivity index (χ4n) is 3.82. The summed E-state index contributed by atoms with van der Waals surface area (Å²) in [5.41, 5.74) is 0.737. The molecule has 1 spiro atoms. The number of carbonyl (C=O) groups excluding carboxylic acids is 2. The molecular weight excluding hydrogens is 312 g/mol. The van der Waals surface area contributed by atoms with Crippen LogP contribution in [0.1, 0.15) is 24.8 Å². The molecule has 1 unspecified atom stereocenters. The molecule has 1 aromatic heterocycles. The Morgan fingerprint density at radius 1 is 1.43 bits per heavy atom. The van der Waals surface area contributed by atoms with Crippen molar-refractivity contribution < 1.29 is 14.3 Å². The van der Waals surface area contributed by atoms with E-state index < -0.39 is 0 Å². The Balaban J connectivity index is 1.62. The Kier molecular flexibility index (Phi) is 4.73. The van der Waals surface area contributed by atoms with Crippen LogP contribution in [0.3, 0.4) is 0 Å². The van der Waals surface area contributed by atoms with Gasteiger partial charge in [-0.25, -0.2) is 0 Å². The standard InChI is InChI=1S/C17H24N2O3S/c1-18-11-14(22-2)10-17(16(18)21)4-6-19(7-5-17)15(20)9-13-3-8-23-12-13/h3,8,12,14H,4-7,9-11H2,1-2H3. The molecule has 23 heavy (non-hydrogen) atoms. The number of thiophene rings is 1. The van der Waals surface area contributed by atoms with Crippen LogP contribution < -0.4 is 0 Å². The zero-order valence-corrected chi connectivity index (χ0v) is 14.6. The van der Waals surface area contributed by atoms with E-state index in [-0.39, 0.29) is 23.3 Å². The molecule has 0 N–H and O–H groups in total. The fourth-order valence-corrected chi connectivity index (χ4v) is 4.49. The summed E-state index contributed by atoms with van der Waals surface area (Å²) in [5.74, 6) is 0.383. The maximum Gasteiger partial charge on any atom is 0.228 e. The number of methoxy groups -OCH3 is 1. The predicted molar refractivity (Wildman–Crippen MR) is 89.3 cm³/mol. The highest BCUT2D eigenvalue weighted by atomic mass is 32.1. The first-order valence-corrected chi connectivity index (χ1v) is 9.05. The normalized spacial score (nSPS) is 24.3. The Hall–Kier alpha value is -1.40. The van der Waals surface area contributed by atoms with Gasteiger partial charge in [0, 0.05) is 33.8 Å². The molecule has 126 valence electrons. The van der Waals surface area contributed by atoms with Crippen LogP contribution in [0.4, 0.5) is 0 Å². The molecule has 0 radical (unpaired) electrons. The molecule has 1 aromatic rings. The summed E-state index contributed by atoms with van der Waals surface area (Å²) in [6, 6.07) is 2.00. The average molecular weight is 336 g/mol. The van der Waals surface area contributed by atoms with Crippen LogP contribution in [-0.2, 0) is 20.7 Å². The molecule has 2 fully saturated rings. The third kappa shape index (κ3) is 3.28. The number of likely N-dealkylation sites (tertiary alicyclic amines) is 2. The molecule has 2 amide bonds. The maximum absolute atomic E-state index is 12.7. The first-order chi connectivity index (χ1) is 11.0. The van der Waals surface area contributed by atoms with Gasteiger partial charge in [-0.2, -0.15) is 11.3 Å². The molecule has 1 atom stereocenters. The van der Waals surface area contributed by atoms with E-state index in [9.17, 15) is 9.59 Å². The van der Waals surface area contributed by atoms with Crippen molar-refractivity contribution in [3.63, 3.8) is 0 Å². The quantitative estimate of drug-likeness (QED) is 0.845. The maximum atomic E-state index is 12.7. The van der Waals surface area contributed by atoms with E-state index in [1.165, 1.54) is 0 Å². The van der Waals surface area contributed by atoms with Crippen LogP contribution in [0.25, 0.3) is 0 Å². The topological polar surface area (TPSA) is 49.9 Å². The van der Waals surface area contributed by atoms with Crippen LogP contribution in [0.2, 0.25) is 0 Å². The van der Waals surface area contributed by atoms with Crippen LogP contribution in [0.15, 0.2) is 16.8 Å². The van der Waals surface area contributed by atoms with Gasteiger partial charge in [0.25, 0.3) is 0 Å². The van der Waals surface area contributed by atoms with Gasteiger partial charge in [-0.15, -0.1) is 0 Å². The first kappa shape index (κ1) is 16.5. The molecule has 0 bridgehead atoms. The summed E-state index contributed by atoms with van der Waals surface area (Å²) in [6.07, 6.45) is 2.83. The summed E-state index contributed by atoms with van der Waals surface area (Å²) < 4.78 is 5.51. The van der Waals surface area contributed by atoms with Gasteiger partial charge in [0.2, 0.25) is 11.8 Å². The highest BCUT2D eigenvalue weighted by Gasteiger charge is 2.48. The van der Waals surface area contributed by atoms with E-state index in [1.54, 1.807) is 23.3 Å². The van der Waals surface area contributed by atoms with Gasteiger partial charge in [-0.1, -0.05) is 0 Å². The van der Waals surface area contributed by atoms with Crippen LogP contribution in [-0.4, -0.2) is 61.5 Å². The van der Waals surface area contributed by atoms with Crippen molar-refractivity contribution in [2.75, 3.05) is 33.8 Å². The second kappa shape index (κ2) is 6.61. The van der Waals surface area contributed by atoms with Crippen molar-refractivity contribution >= 4 is 23.2 Å². The number of carbonyl (C=O) groups is 2. The summed E-state index contributed by atoms with van der Waals surface area (Å²) >= 11 is 1.61. The lowest BCUT2D eigenvalue weighted by atomic mass is 9.71. The van der Waals surface area contributed by atoms with E-state index in [0.717, 1.165) is 24.8 Å². The molecule has 2 saturated heterocycles. The van der Waals surface area contributed by atoms with Crippen LogP contribution >= 0.6 is 11.3 Å². The highest BCUT2D eigenvalue weighted by Crippen LogP contribution is 2.41. The summed E-state index contributed by atoms with van der Waals surface area (Å²) in [7, 11) is 3.56. The zero-order chi connectivity index (χ0) is 16.4. The lowest BCUT2D eigenvalue weighted by Crippen LogP contribution is -2.57. The zero-order valence-electron chi connectivity index (χ0n) is 13.8. The molecule has 0 aromatic carbocycles. The third-order valence-electron chi connectivity index (χ3n) is 5.24. The minimum atomic E-state index is -0.340. The van der Waals surface area contributed by atoms with Crippen LogP contribution in [0, 0.1) is 5.41 Å². The molecule has 5 nitrogen and oxygen atoms in total. The Morgan fingerprint density at radius 3 is 2.78 bits per heavy atom. The number of ether oxygens (including phenoxy) is 1. The lowest BCUT2D eigenvalue weighted by Gasteiger charge is -2.47. The minimum absolute atomic E-state index is 0.103. The van der Waals surface area contributed by atoms with Crippen molar-refractivity contribution in [1.82, 2.24) is 9.80 Å². The largest absolute Gasteiger partial charge is 0.380 e. The molecule has 3 rings (SSSR count). The summed E-state index contributed by atoms with van der Waals surface area (Å²) in [6.45, 7) is 2.00. The Morgan fingerprint density at radius 2 is 2.17 bits per heavy atom. The van der Waals surface area contributed by atoms with Gasteiger partial charge >= 0.3 is 0 Å². The minimum Gasteiger partial charge on any atom is -0.380 e. The predicted octanol–water partition coefficient (Wildman–Crippen LogP) is 1.78. The molecule has 6 heteroatoms. The van der Waals surface area contributed by atoms with Gasteiger partial charge in [-0.3, -0.25) is 9.59 Å². The van der Waals surface area contributed by atoms with Crippen molar-refractivity contribution in [1.29, 1.82) is 0 Å².